The average Bonchev–Trinajstić information content (AvgIpc) is 3.33. The van der Waals surface area contributed by atoms with Crippen LogP contribution in [0.15, 0.2) is 59.8 Å². The van der Waals surface area contributed by atoms with Gasteiger partial charge >= 0.3 is 5.97 Å². The van der Waals surface area contributed by atoms with Gasteiger partial charge in [0.2, 0.25) is 0 Å². The van der Waals surface area contributed by atoms with Crippen LogP contribution in [0.3, 0.4) is 0 Å². The van der Waals surface area contributed by atoms with Crippen molar-refractivity contribution in [2.24, 2.45) is 23.2 Å². The summed E-state index contributed by atoms with van der Waals surface area (Å²) >= 11 is 0. The summed E-state index contributed by atoms with van der Waals surface area (Å²) < 4.78 is 18.9. The van der Waals surface area contributed by atoms with Crippen molar-refractivity contribution in [2.75, 3.05) is 7.11 Å². The number of carbonyl (C=O) groups excluding carboxylic acids is 1. The third-order valence-corrected chi connectivity index (χ3v) is 22.3. The summed E-state index contributed by atoms with van der Waals surface area (Å²) in [6.07, 6.45) is 17.2. The van der Waals surface area contributed by atoms with Gasteiger partial charge in [-0.1, -0.05) is 98.4 Å². The van der Waals surface area contributed by atoms with Crippen LogP contribution in [0, 0.1) is 23.2 Å². The van der Waals surface area contributed by atoms with E-state index in [1.807, 2.05) is 6.08 Å². The van der Waals surface area contributed by atoms with Gasteiger partial charge < -0.3 is 18.7 Å². The molecule has 5 nitrogen and oxygen atoms in total. The number of carbonyl (C=O) groups is 1. The SMILES string of the molecule is C=C(CC(O)/C=C/C[C@@H](C)[C@H]1CC[C@H]2/C(=C/C=C3/C[C@@H](O[Si](C)(C)C(C)(C)C)C[C@H](O[Si](C)(C)C(C)(C)C)C3=C)CCC[C@]12C)C(=O)OC. The number of aliphatic hydroxyl groups excluding tert-OH is 1. The van der Waals surface area contributed by atoms with E-state index >= 15 is 0 Å². The van der Waals surface area contributed by atoms with Crippen molar-refractivity contribution >= 4 is 22.6 Å². The lowest BCUT2D eigenvalue weighted by atomic mass is 9.61. The highest BCUT2D eigenvalue weighted by atomic mass is 28.4. The molecule has 0 spiro atoms. The van der Waals surface area contributed by atoms with E-state index in [-0.39, 0.29) is 34.1 Å². The van der Waals surface area contributed by atoms with Gasteiger partial charge in [0.05, 0.1) is 25.4 Å². The summed E-state index contributed by atoms with van der Waals surface area (Å²) in [4.78, 5) is 11.7. The summed E-state index contributed by atoms with van der Waals surface area (Å²) in [6, 6.07) is 0. The van der Waals surface area contributed by atoms with E-state index in [0.717, 1.165) is 24.8 Å². The van der Waals surface area contributed by atoms with E-state index in [2.05, 4.69) is 113 Å². The normalized spacial score (nSPS) is 30.1. The fourth-order valence-electron chi connectivity index (χ4n) is 8.14. The monoisotopic (exact) mass is 712 g/mol. The number of rotatable bonds is 12. The van der Waals surface area contributed by atoms with Crippen molar-refractivity contribution in [1.29, 1.82) is 0 Å². The van der Waals surface area contributed by atoms with Crippen LogP contribution in [-0.2, 0) is 18.4 Å². The third-order valence-electron chi connectivity index (χ3n) is 13.3. The van der Waals surface area contributed by atoms with Crippen molar-refractivity contribution in [1.82, 2.24) is 0 Å². The molecule has 3 aliphatic rings. The first-order chi connectivity index (χ1) is 22.4. The van der Waals surface area contributed by atoms with Gasteiger partial charge in [-0.3, -0.25) is 0 Å². The van der Waals surface area contributed by atoms with Gasteiger partial charge in [0.15, 0.2) is 16.6 Å². The standard InChI is InChI=1S/C42H72O5Si2/c1-29(18-16-20-34(43)26-30(2)39(44)45-11)36-23-24-37-32(19-17-25-42(36,37)10)21-22-33-27-35(46-48(12,13)40(4,5)6)28-38(31(33)3)47-49(14,15)41(7,8)9/h16,20-22,29,34-38,43H,2-3,17-19,23-28H2,1,4-15H3/b20-16+,32-21+,33-22-/t29-,34?,35-,36-,37+,38+,42-/m1/s1. The van der Waals surface area contributed by atoms with Gasteiger partial charge in [-0.05, 0) is 116 Å². The van der Waals surface area contributed by atoms with Crippen molar-refractivity contribution in [3.63, 3.8) is 0 Å². The summed E-state index contributed by atoms with van der Waals surface area (Å²) in [5, 5.41) is 10.7. The van der Waals surface area contributed by atoms with Crippen molar-refractivity contribution in [2.45, 2.75) is 168 Å². The molecule has 3 aliphatic carbocycles. The highest BCUT2D eigenvalue weighted by molar-refractivity contribution is 6.74. The maximum absolute atomic E-state index is 11.7. The molecule has 0 heterocycles. The van der Waals surface area contributed by atoms with Crippen LogP contribution in [0.1, 0.15) is 113 Å². The molecule has 0 saturated heterocycles. The first-order valence-electron chi connectivity index (χ1n) is 19.0. The number of ether oxygens (including phenoxy) is 1. The Hall–Kier alpha value is -1.52. The second-order valence-electron chi connectivity index (χ2n) is 18.9. The molecule has 0 amide bonds. The fraction of sp³-hybridized carbons (Fsp3) is 0.738. The Morgan fingerprint density at radius 1 is 1.04 bits per heavy atom. The molecule has 49 heavy (non-hydrogen) atoms. The smallest absolute Gasteiger partial charge is 0.333 e. The molecule has 0 aromatic carbocycles. The van der Waals surface area contributed by atoms with Gasteiger partial charge in [0.25, 0.3) is 0 Å². The maximum Gasteiger partial charge on any atom is 0.333 e. The molecular weight excluding hydrogens is 641 g/mol. The van der Waals surface area contributed by atoms with Crippen LogP contribution in [0.4, 0.5) is 0 Å². The number of hydrogen-bond donors (Lipinski definition) is 1. The summed E-state index contributed by atoms with van der Waals surface area (Å²) in [5.41, 5.74) is 4.63. The molecule has 3 rings (SSSR count). The van der Waals surface area contributed by atoms with Gasteiger partial charge in [0.1, 0.15) is 0 Å². The van der Waals surface area contributed by atoms with Crippen molar-refractivity contribution in [3.8, 4) is 0 Å². The minimum absolute atomic E-state index is 0.00694. The molecule has 0 bridgehead atoms. The molecule has 0 aromatic rings. The van der Waals surface area contributed by atoms with Crippen LogP contribution in [0.5, 0.6) is 0 Å². The molecule has 278 valence electrons. The van der Waals surface area contributed by atoms with Gasteiger partial charge in [-0.25, -0.2) is 4.79 Å². The molecular formula is C42H72O5Si2. The molecule has 1 unspecified atom stereocenters. The number of hydrogen-bond acceptors (Lipinski definition) is 5. The van der Waals surface area contributed by atoms with E-state index in [9.17, 15) is 9.90 Å². The van der Waals surface area contributed by atoms with E-state index in [4.69, 9.17) is 13.6 Å². The second-order valence-corrected chi connectivity index (χ2v) is 28.4. The van der Waals surface area contributed by atoms with E-state index in [1.54, 1.807) is 5.57 Å². The minimum Gasteiger partial charge on any atom is -0.466 e. The van der Waals surface area contributed by atoms with Crippen molar-refractivity contribution in [3.05, 3.63) is 59.8 Å². The number of allylic oxidation sites excluding steroid dienone is 4. The van der Waals surface area contributed by atoms with Gasteiger partial charge in [-0.15, -0.1) is 0 Å². The molecule has 7 atom stereocenters. The lowest BCUT2D eigenvalue weighted by molar-refractivity contribution is -0.136. The zero-order valence-corrected chi connectivity index (χ0v) is 35.6. The lowest BCUT2D eigenvalue weighted by Crippen LogP contribution is -2.49. The maximum atomic E-state index is 11.7. The molecule has 0 radical (unpaired) electrons. The van der Waals surface area contributed by atoms with Crippen LogP contribution in [-0.4, -0.2) is 53.1 Å². The van der Waals surface area contributed by atoms with E-state index < -0.39 is 28.7 Å². The van der Waals surface area contributed by atoms with Crippen LogP contribution >= 0.6 is 0 Å². The third kappa shape index (κ3) is 10.1. The first-order valence-corrected chi connectivity index (χ1v) is 24.8. The topological polar surface area (TPSA) is 65.0 Å². The van der Waals surface area contributed by atoms with E-state index in [1.165, 1.54) is 44.8 Å². The molecule has 7 heteroatoms. The zero-order valence-electron chi connectivity index (χ0n) is 33.6. The predicted octanol–water partition coefficient (Wildman–Crippen LogP) is 11.2. The fourth-order valence-corrected chi connectivity index (χ4v) is 10.8. The summed E-state index contributed by atoms with van der Waals surface area (Å²) in [7, 11) is -2.63. The molecule has 0 aromatic heterocycles. The summed E-state index contributed by atoms with van der Waals surface area (Å²) in [6.45, 7) is 36.7. The highest BCUT2D eigenvalue weighted by Gasteiger charge is 2.50. The lowest BCUT2D eigenvalue weighted by Gasteiger charge is -2.46. The Labute approximate surface area is 303 Å². The van der Waals surface area contributed by atoms with Gasteiger partial charge in [0, 0.05) is 18.4 Å². The van der Waals surface area contributed by atoms with Crippen LogP contribution < -0.4 is 0 Å². The van der Waals surface area contributed by atoms with Crippen LogP contribution in [0.25, 0.3) is 0 Å². The van der Waals surface area contributed by atoms with E-state index in [0.29, 0.717) is 23.3 Å². The quantitative estimate of drug-likeness (QED) is 0.0944. The minimum atomic E-state index is -2.01. The first kappa shape index (κ1) is 41.9. The Morgan fingerprint density at radius 3 is 2.24 bits per heavy atom. The average molecular weight is 713 g/mol. The predicted molar refractivity (Wildman–Crippen MR) is 212 cm³/mol. The number of esters is 1. The highest BCUT2D eigenvalue weighted by Crippen LogP contribution is 2.60. The largest absolute Gasteiger partial charge is 0.466 e. The Morgan fingerprint density at radius 2 is 1.65 bits per heavy atom. The molecule has 3 saturated carbocycles. The Bertz CT molecular complexity index is 1290. The Kier molecular flexibility index (Phi) is 13.7. The summed E-state index contributed by atoms with van der Waals surface area (Å²) in [5.74, 6) is 1.28. The molecule has 1 N–H and O–H groups in total. The Balaban J connectivity index is 1.81. The van der Waals surface area contributed by atoms with Crippen molar-refractivity contribution < 1.29 is 23.5 Å². The molecule has 0 aliphatic heterocycles. The van der Waals surface area contributed by atoms with Crippen LogP contribution in [0.2, 0.25) is 36.3 Å². The van der Waals surface area contributed by atoms with Gasteiger partial charge in [-0.2, -0.15) is 0 Å². The zero-order chi connectivity index (χ0) is 37.2. The molecule has 3 fully saturated rings. The second kappa shape index (κ2) is 16.0. The number of methoxy groups -OCH3 is 1. The number of aliphatic hydroxyl groups is 1. The number of fused-ring (bicyclic) bond motifs is 1.